The van der Waals surface area contributed by atoms with E-state index in [9.17, 15) is 13.6 Å². The van der Waals surface area contributed by atoms with Crippen LogP contribution in [0.25, 0.3) is 0 Å². The number of benzene rings is 1. The van der Waals surface area contributed by atoms with E-state index in [-0.39, 0.29) is 12.1 Å². The monoisotopic (exact) mass is 268 g/mol. The molecule has 1 amide bonds. The van der Waals surface area contributed by atoms with E-state index < -0.39 is 23.8 Å². The summed E-state index contributed by atoms with van der Waals surface area (Å²) in [5.41, 5.74) is 5.22. The van der Waals surface area contributed by atoms with Gasteiger partial charge in [0.2, 0.25) is 0 Å². The highest BCUT2D eigenvalue weighted by Gasteiger charge is 2.18. The van der Waals surface area contributed by atoms with Crippen LogP contribution in [0.15, 0.2) is 30.6 Å². The molecule has 1 heterocycles. The van der Waals surface area contributed by atoms with Crippen molar-refractivity contribution in [3.63, 3.8) is 0 Å². The van der Waals surface area contributed by atoms with Gasteiger partial charge in [-0.2, -0.15) is 0 Å². The van der Waals surface area contributed by atoms with Gasteiger partial charge in [0, 0.05) is 6.20 Å². The molecule has 2 rings (SSSR count). The van der Waals surface area contributed by atoms with Crippen molar-refractivity contribution in [3.8, 4) is 0 Å². The number of nitrogens with zero attached hydrogens (tertiary/aromatic N) is 3. The normalized spacial score (nSPS) is 12.1. The van der Waals surface area contributed by atoms with Crippen LogP contribution < -0.4 is 5.73 Å². The number of carbonyl (C=O) groups excluding carboxylic acids is 1. The number of rotatable bonds is 4. The molecule has 0 radical (unpaired) electrons. The van der Waals surface area contributed by atoms with Crippen LogP contribution >= 0.6 is 0 Å². The summed E-state index contributed by atoms with van der Waals surface area (Å²) in [4.78, 5) is 10.9. The molecular weight excluding hydrogens is 258 g/mol. The second kappa shape index (κ2) is 5.42. The molecular formula is C11H10F2N4O2. The molecule has 1 aromatic heterocycles. The van der Waals surface area contributed by atoms with Gasteiger partial charge in [0.25, 0.3) is 0 Å². The number of aromatic nitrogens is 3. The van der Waals surface area contributed by atoms with Gasteiger partial charge >= 0.3 is 6.09 Å². The molecule has 0 aliphatic rings. The first-order valence-corrected chi connectivity index (χ1v) is 5.31. The highest BCUT2D eigenvalue weighted by molar-refractivity contribution is 5.65. The van der Waals surface area contributed by atoms with E-state index in [4.69, 9.17) is 10.5 Å². The van der Waals surface area contributed by atoms with Gasteiger partial charge in [-0.15, -0.1) is 5.10 Å². The van der Waals surface area contributed by atoms with Gasteiger partial charge in [-0.3, -0.25) is 0 Å². The number of primary amides is 1. The third-order valence-electron chi connectivity index (χ3n) is 2.40. The van der Waals surface area contributed by atoms with Crippen LogP contribution in [-0.2, 0) is 11.3 Å². The smallest absolute Gasteiger partial charge is 0.405 e. The number of hydrogen-bond acceptors (Lipinski definition) is 4. The topological polar surface area (TPSA) is 83.0 Å². The summed E-state index contributed by atoms with van der Waals surface area (Å²) in [6.45, 7) is 0.0913. The maximum Gasteiger partial charge on any atom is 0.405 e. The number of ether oxygens (including phenoxy) is 1. The second-order valence-electron chi connectivity index (χ2n) is 3.72. The van der Waals surface area contributed by atoms with Crippen molar-refractivity contribution in [3.05, 3.63) is 47.8 Å². The van der Waals surface area contributed by atoms with E-state index in [1.807, 2.05) is 0 Å². The first kappa shape index (κ1) is 12.9. The van der Waals surface area contributed by atoms with Gasteiger partial charge in [-0.05, 0) is 17.7 Å². The lowest BCUT2D eigenvalue weighted by atomic mass is 10.1. The van der Waals surface area contributed by atoms with Crippen molar-refractivity contribution in [2.45, 2.75) is 12.6 Å². The Balaban J connectivity index is 2.25. The lowest BCUT2D eigenvalue weighted by Gasteiger charge is -2.16. The quantitative estimate of drug-likeness (QED) is 0.908. The Hall–Kier alpha value is -2.51. The second-order valence-corrected chi connectivity index (χ2v) is 3.72. The van der Waals surface area contributed by atoms with Gasteiger partial charge in [-0.1, -0.05) is 11.3 Å². The fraction of sp³-hybridized carbons (Fsp3) is 0.182. The molecule has 19 heavy (non-hydrogen) atoms. The molecule has 1 aromatic carbocycles. The van der Waals surface area contributed by atoms with Gasteiger partial charge in [0.05, 0.1) is 12.7 Å². The minimum atomic E-state index is -1.03. The molecule has 2 aromatic rings. The Morgan fingerprint density at radius 1 is 1.42 bits per heavy atom. The zero-order valence-electron chi connectivity index (χ0n) is 9.66. The predicted octanol–water partition coefficient (Wildman–Crippen LogP) is 1.39. The number of nitrogens with two attached hydrogens (primary N) is 1. The molecule has 100 valence electrons. The van der Waals surface area contributed by atoms with Crippen LogP contribution in [0, 0.1) is 11.6 Å². The van der Waals surface area contributed by atoms with Gasteiger partial charge in [0.1, 0.15) is 6.10 Å². The SMILES string of the molecule is NC(=O)OC(Cn1ccnn1)c1ccc(F)c(F)c1. The van der Waals surface area contributed by atoms with Gasteiger partial charge in [-0.25, -0.2) is 18.3 Å². The molecule has 0 saturated heterocycles. The summed E-state index contributed by atoms with van der Waals surface area (Å²) in [5, 5.41) is 7.28. The highest BCUT2D eigenvalue weighted by Crippen LogP contribution is 2.21. The zero-order chi connectivity index (χ0) is 13.8. The van der Waals surface area contributed by atoms with Crippen molar-refractivity contribution in [2.75, 3.05) is 0 Å². The summed E-state index contributed by atoms with van der Waals surface area (Å²) in [6, 6.07) is 3.20. The minimum absolute atomic E-state index is 0.0913. The lowest BCUT2D eigenvalue weighted by molar-refractivity contribution is 0.0927. The largest absolute Gasteiger partial charge is 0.440 e. The Morgan fingerprint density at radius 3 is 2.79 bits per heavy atom. The Labute approximate surface area is 106 Å². The van der Waals surface area contributed by atoms with Crippen molar-refractivity contribution in [1.29, 1.82) is 0 Å². The molecule has 0 spiro atoms. The van der Waals surface area contributed by atoms with Crippen LogP contribution in [0.5, 0.6) is 0 Å². The van der Waals surface area contributed by atoms with Crippen molar-refractivity contribution < 1.29 is 18.3 Å². The first-order chi connectivity index (χ1) is 9.06. The summed E-state index contributed by atoms with van der Waals surface area (Å²) in [5.74, 6) is -2.02. The number of hydrogen-bond donors (Lipinski definition) is 1. The minimum Gasteiger partial charge on any atom is -0.440 e. The van der Waals surface area contributed by atoms with Gasteiger partial charge in [0.15, 0.2) is 11.6 Å². The van der Waals surface area contributed by atoms with E-state index in [1.54, 1.807) is 0 Å². The molecule has 0 aliphatic carbocycles. The summed E-state index contributed by atoms with van der Waals surface area (Å²) in [6.07, 6.45) is 1.08. The molecule has 0 saturated carbocycles. The Morgan fingerprint density at radius 2 is 2.21 bits per heavy atom. The van der Waals surface area contributed by atoms with Crippen LogP contribution in [0.2, 0.25) is 0 Å². The molecule has 0 bridgehead atoms. The van der Waals surface area contributed by atoms with E-state index in [0.29, 0.717) is 0 Å². The number of halogens is 2. The highest BCUT2D eigenvalue weighted by atomic mass is 19.2. The molecule has 0 aliphatic heterocycles. The summed E-state index contributed by atoms with van der Waals surface area (Å²) in [7, 11) is 0. The lowest BCUT2D eigenvalue weighted by Crippen LogP contribution is -2.21. The fourth-order valence-electron chi connectivity index (χ4n) is 1.56. The average Bonchev–Trinajstić information content (AvgIpc) is 2.84. The Kier molecular flexibility index (Phi) is 3.69. The maximum absolute atomic E-state index is 13.2. The van der Waals surface area contributed by atoms with Crippen LogP contribution in [0.4, 0.5) is 13.6 Å². The van der Waals surface area contributed by atoms with E-state index in [1.165, 1.54) is 23.1 Å². The molecule has 6 nitrogen and oxygen atoms in total. The molecule has 1 atom stereocenters. The summed E-state index contributed by atoms with van der Waals surface area (Å²) >= 11 is 0. The van der Waals surface area contributed by atoms with Crippen molar-refractivity contribution in [2.24, 2.45) is 5.73 Å². The molecule has 2 N–H and O–H groups in total. The predicted molar refractivity (Wildman–Crippen MR) is 59.8 cm³/mol. The zero-order valence-corrected chi connectivity index (χ0v) is 9.66. The maximum atomic E-state index is 13.2. The molecule has 8 heteroatoms. The number of carbonyl (C=O) groups is 1. The fourth-order valence-corrected chi connectivity index (χ4v) is 1.56. The van der Waals surface area contributed by atoms with Crippen LogP contribution in [0.3, 0.4) is 0 Å². The van der Waals surface area contributed by atoms with E-state index in [0.717, 1.165) is 12.1 Å². The van der Waals surface area contributed by atoms with E-state index >= 15 is 0 Å². The van der Waals surface area contributed by atoms with Crippen molar-refractivity contribution >= 4 is 6.09 Å². The van der Waals surface area contributed by atoms with Crippen LogP contribution in [0.1, 0.15) is 11.7 Å². The van der Waals surface area contributed by atoms with Crippen molar-refractivity contribution in [1.82, 2.24) is 15.0 Å². The third-order valence-corrected chi connectivity index (χ3v) is 2.40. The summed E-state index contributed by atoms with van der Waals surface area (Å²) < 4.78 is 32.3. The van der Waals surface area contributed by atoms with E-state index in [2.05, 4.69) is 10.3 Å². The molecule has 0 fully saturated rings. The molecule has 1 unspecified atom stereocenters. The average molecular weight is 268 g/mol. The third kappa shape index (κ3) is 3.24. The van der Waals surface area contributed by atoms with Crippen LogP contribution in [-0.4, -0.2) is 21.1 Å². The Bertz CT molecular complexity index is 574. The van der Waals surface area contributed by atoms with Gasteiger partial charge < -0.3 is 10.5 Å². The number of amides is 1. The standard InChI is InChI=1S/C11H10F2N4O2/c12-8-2-1-7(5-9(8)13)10(19-11(14)18)6-17-4-3-15-16-17/h1-5,10H,6H2,(H2,14,18). The first-order valence-electron chi connectivity index (χ1n) is 5.31.